The van der Waals surface area contributed by atoms with Crippen LogP contribution in [-0.2, 0) is 63.6 Å². The molecule has 8 aromatic carbocycles. The monoisotopic (exact) mass is 1560 g/mol. The number of rotatable bonds is 37. The molecule has 0 saturated carbocycles. The third-order valence-electron chi connectivity index (χ3n) is 18.4. The van der Waals surface area contributed by atoms with Gasteiger partial charge in [-0.05, 0) is 120 Å². The van der Waals surface area contributed by atoms with Gasteiger partial charge in [-0.25, -0.2) is 0 Å². The van der Waals surface area contributed by atoms with Crippen molar-refractivity contribution in [1.82, 2.24) is 0 Å². The van der Waals surface area contributed by atoms with Crippen molar-refractivity contribution in [3.05, 3.63) is 305 Å². The Morgan fingerprint density at radius 3 is 0.818 bits per heavy atom. The summed E-state index contributed by atoms with van der Waals surface area (Å²) in [5.41, 5.74) is 17.1. The van der Waals surface area contributed by atoms with Crippen molar-refractivity contribution in [3.8, 4) is 91.4 Å². The molecule has 0 atom stereocenters. The van der Waals surface area contributed by atoms with E-state index in [1.165, 1.54) is 61.1 Å². The average molecular weight is 1560 g/mol. The topological polar surface area (TPSA) is 89.5 Å². The maximum atomic E-state index is 15.1. The van der Waals surface area contributed by atoms with Crippen LogP contribution in [0.3, 0.4) is 0 Å². The molecule has 8 nitrogen and oxygen atoms in total. The van der Waals surface area contributed by atoms with Gasteiger partial charge in [0.05, 0.1) is 98.8 Å². The van der Waals surface area contributed by atoms with E-state index < -0.39 is 14.3 Å². The number of hydrogen-bond acceptors (Lipinski definition) is 12. The molecule has 14 heteroatoms. The van der Waals surface area contributed by atoms with E-state index in [4.69, 9.17) is 28.4 Å². The highest BCUT2D eigenvalue weighted by atomic mass is 32.1. The van der Waals surface area contributed by atoms with E-state index in [2.05, 4.69) is 158 Å². The summed E-state index contributed by atoms with van der Waals surface area (Å²) in [6.07, 6.45) is 11.8. The highest BCUT2D eigenvalue weighted by molar-refractivity contribution is 7.83. The molecule has 0 spiro atoms. The van der Waals surface area contributed by atoms with E-state index in [-0.39, 0.29) is 0 Å². The first-order valence-corrected chi connectivity index (χ1v) is 44.7. The summed E-state index contributed by atoms with van der Waals surface area (Å²) < 4.78 is 66.1. The van der Waals surface area contributed by atoms with E-state index in [1.807, 2.05) is 158 Å². The maximum absolute atomic E-state index is 15.1. The number of benzene rings is 8. The lowest BCUT2D eigenvalue weighted by Crippen LogP contribution is -2.14. The lowest BCUT2D eigenvalue weighted by atomic mass is 10.00. The van der Waals surface area contributed by atoms with E-state index in [0.29, 0.717) is 101 Å². The Balaban J connectivity index is 0.606. The lowest BCUT2D eigenvalue weighted by molar-refractivity contribution is -0.0183. The van der Waals surface area contributed by atoms with Crippen LogP contribution in [0.25, 0.3) is 44.5 Å². The van der Waals surface area contributed by atoms with E-state index in [9.17, 15) is 0 Å². The molecule has 12 rings (SSSR count). The number of hydrogen-bond donors (Lipinski definition) is 0. The summed E-state index contributed by atoms with van der Waals surface area (Å²) in [5.74, 6) is 20.8. The Morgan fingerprint density at radius 2 is 0.527 bits per heavy atom. The van der Waals surface area contributed by atoms with Crippen LogP contribution >= 0.6 is 59.6 Å². The number of ether oxygens (including phenoxy) is 6. The molecular formula is C96H92O8P2S4. The molecule has 110 heavy (non-hydrogen) atoms. The van der Waals surface area contributed by atoms with Crippen LogP contribution < -0.4 is 21.2 Å². The second-order valence-electron chi connectivity index (χ2n) is 26.4. The minimum absolute atomic E-state index is 0.369. The third-order valence-corrected chi connectivity index (χ3v) is 27.6. The molecule has 0 saturated heterocycles. The summed E-state index contributed by atoms with van der Waals surface area (Å²) in [6, 6.07) is 85.0. The van der Waals surface area contributed by atoms with Gasteiger partial charge >= 0.3 is 0 Å². The first kappa shape index (κ1) is 80.5. The summed E-state index contributed by atoms with van der Waals surface area (Å²) >= 11 is 6.73. The minimum Gasteiger partial charge on any atom is -0.377 e. The third kappa shape index (κ3) is 23.3. The molecule has 4 heterocycles. The summed E-state index contributed by atoms with van der Waals surface area (Å²) in [5, 5.41) is 2.80. The molecule has 558 valence electrons. The molecule has 0 aliphatic rings. The quantitative estimate of drug-likeness (QED) is 0.0216. The highest BCUT2D eigenvalue weighted by Gasteiger charge is 2.27. The Morgan fingerprint density at radius 1 is 0.273 bits per heavy atom. The van der Waals surface area contributed by atoms with Gasteiger partial charge < -0.3 is 28.4 Å². The fraction of sp³-hybridized carbons (Fsp3) is 0.250. The van der Waals surface area contributed by atoms with Crippen LogP contribution in [0, 0.1) is 46.8 Å². The second-order valence-corrected chi connectivity index (χ2v) is 35.9. The molecule has 0 N–H and O–H groups in total. The standard InChI is InChI=1S/C96H92O8P2S4/c1-3-5-7-27-41-85-69-89(93(107-85)53-43-75-29-15-9-16-30-75)77-45-49-79(50-46-77)91-71-87(109-95(91)55-67-105(97,81-33-19-11-20-34-81)82-35-21-12-22-36-82)73-103-65-63-101-61-59-99-57-58-100-60-62-102-64-66-104-74-88-72-92(96(110-88)56-68-106(98,83-37-23-13-24-38-83)84-39-25-14-26-40-84)80-51-47-78(48-52-80)90-70-86(42-28-8-6-4-2)108-94(90)54-44-76-31-17-10-18-32-76/h9-26,29-40,45-52,69-72H,3-8,27-28,41-42,57-66,73-74H2,1-2H3. The Kier molecular flexibility index (Phi) is 31.5. The SMILES string of the molecule is CCCCCCc1cc(-c2ccc(-c3cc(COCCOCCOCCOCCOCCOCc4cc(-c5ccc(-c6cc(CCCCCC)sc6C#Cc6ccccc6)cc5)c(C#CP(=O)(c5ccccc5)c5ccccc5)s4)sc3C#CP(=O)(c3ccccc3)c3ccccc3)cc2)c(C#Cc2ccccc2)s1. The fourth-order valence-electron chi connectivity index (χ4n) is 12.5. The van der Waals surface area contributed by atoms with Gasteiger partial charge in [-0.2, -0.15) is 0 Å². The minimum atomic E-state index is -3.33. The fourth-order valence-corrected chi connectivity index (χ4v) is 20.8. The zero-order chi connectivity index (χ0) is 75.7. The van der Waals surface area contributed by atoms with Gasteiger partial charge in [-0.1, -0.05) is 282 Å². The number of unbranched alkanes of at least 4 members (excludes halogenated alkanes) is 6. The molecule has 0 unspecified atom stereocenters. The zero-order valence-electron chi connectivity index (χ0n) is 62.6. The van der Waals surface area contributed by atoms with E-state index >= 15 is 9.13 Å². The predicted molar refractivity (Wildman–Crippen MR) is 463 cm³/mol. The van der Waals surface area contributed by atoms with Crippen molar-refractivity contribution in [2.45, 2.75) is 91.3 Å². The van der Waals surface area contributed by atoms with Crippen LogP contribution in [-0.4, -0.2) is 66.1 Å². The summed E-state index contributed by atoms with van der Waals surface area (Å²) in [4.78, 5) is 8.51. The molecule has 0 fully saturated rings. The van der Waals surface area contributed by atoms with Crippen molar-refractivity contribution in [3.63, 3.8) is 0 Å². The Labute approximate surface area is 667 Å². The van der Waals surface area contributed by atoms with Crippen LogP contribution in [0.2, 0.25) is 0 Å². The maximum Gasteiger partial charge on any atom is 0.211 e. The van der Waals surface area contributed by atoms with Gasteiger partial charge in [0.15, 0.2) is 0 Å². The molecule has 4 aromatic heterocycles. The van der Waals surface area contributed by atoms with Crippen molar-refractivity contribution in [1.29, 1.82) is 0 Å². The molecule has 12 aromatic rings. The van der Waals surface area contributed by atoms with Crippen LogP contribution in [0.4, 0.5) is 0 Å². The van der Waals surface area contributed by atoms with Crippen LogP contribution in [0.1, 0.15) is 115 Å². The van der Waals surface area contributed by atoms with Crippen LogP contribution in [0.15, 0.2) is 255 Å². The first-order valence-electron chi connectivity index (χ1n) is 38.0. The molecule has 0 bridgehead atoms. The first-order chi connectivity index (χ1) is 54.2. The van der Waals surface area contributed by atoms with Crippen molar-refractivity contribution in [2.75, 3.05) is 66.1 Å². The van der Waals surface area contributed by atoms with Gasteiger partial charge in [0.25, 0.3) is 0 Å². The van der Waals surface area contributed by atoms with E-state index in [0.717, 1.165) is 97.7 Å². The van der Waals surface area contributed by atoms with Crippen molar-refractivity contribution >= 4 is 80.8 Å². The average Bonchev–Trinajstić information content (AvgIpc) is 1.31. The highest BCUT2D eigenvalue weighted by Crippen LogP contribution is 2.45. The predicted octanol–water partition coefficient (Wildman–Crippen LogP) is 22.1. The van der Waals surface area contributed by atoms with Gasteiger partial charge in [0.1, 0.15) is 0 Å². The Bertz CT molecular complexity index is 4790. The number of aryl methyl sites for hydroxylation is 2. The van der Waals surface area contributed by atoms with Gasteiger partial charge in [-0.15, -0.1) is 45.3 Å². The number of thiophene rings is 4. The van der Waals surface area contributed by atoms with Crippen molar-refractivity contribution < 1.29 is 37.6 Å². The summed E-state index contributed by atoms with van der Waals surface area (Å²) in [6.45, 7) is 9.39. The van der Waals surface area contributed by atoms with E-state index in [1.54, 1.807) is 45.3 Å². The van der Waals surface area contributed by atoms with Crippen LogP contribution in [0.5, 0.6) is 0 Å². The summed E-state index contributed by atoms with van der Waals surface area (Å²) in [7, 11) is -6.66. The molecule has 0 radical (unpaired) electrons. The second kappa shape index (κ2) is 43.0. The lowest BCUT2D eigenvalue weighted by Gasteiger charge is -2.12. The Hall–Kier alpha value is -8.98. The normalized spacial score (nSPS) is 11.3. The molecular weight excluding hydrogens is 1470 g/mol. The molecule has 0 amide bonds. The van der Waals surface area contributed by atoms with Gasteiger partial charge in [0.2, 0.25) is 14.3 Å². The molecule has 0 aliphatic heterocycles. The smallest absolute Gasteiger partial charge is 0.211 e. The zero-order valence-corrected chi connectivity index (χ0v) is 67.7. The van der Waals surface area contributed by atoms with Gasteiger partial charge in [-0.3, -0.25) is 9.13 Å². The van der Waals surface area contributed by atoms with Gasteiger partial charge in [0, 0.05) is 74.1 Å². The molecule has 0 aliphatic carbocycles. The largest absolute Gasteiger partial charge is 0.377 e. The van der Waals surface area contributed by atoms with Crippen molar-refractivity contribution in [2.24, 2.45) is 0 Å².